The van der Waals surface area contributed by atoms with Gasteiger partial charge in [-0.3, -0.25) is 0 Å². The number of hydrogen-bond acceptors (Lipinski definition) is 3. The van der Waals surface area contributed by atoms with Crippen molar-refractivity contribution in [2.45, 2.75) is 38.5 Å². The van der Waals surface area contributed by atoms with Crippen LogP contribution >= 0.6 is 12.4 Å². The Morgan fingerprint density at radius 1 is 0.643 bits per heavy atom. The molecule has 0 aromatic carbocycles. The zero-order chi connectivity index (χ0) is 9.78. The third kappa shape index (κ3) is 14.7. The Kier molecular flexibility index (Phi) is 18.5. The minimum Gasteiger partial charge on any atom is -0.381 e. The molecule has 0 saturated carbocycles. The Balaban J connectivity index is 0. The molecule has 0 radical (unpaired) electrons. The highest BCUT2D eigenvalue weighted by atomic mass is 35.5. The average Bonchev–Trinajstić information content (AvgIpc) is 2.16. The van der Waals surface area contributed by atoms with E-state index in [4.69, 9.17) is 16.2 Å². The van der Waals surface area contributed by atoms with Crippen LogP contribution in [0.5, 0.6) is 0 Å². The molecule has 0 aromatic heterocycles. The summed E-state index contributed by atoms with van der Waals surface area (Å²) in [5.41, 5.74) is 10.7. The number of halogens is 1. The van der Waals surface area contributed by atoms with Gasteiger partial charge in [0.1, 0.15) is 0 Å². The minimum atomic E-state index is 0. The molecular weight excluding hydrogens is 200 g/mol. The molecule has 0 aromatic rings. The van der Waals surface area contributed by atoms with Crippen LogP contribution in [0, 0.1) is 0 Å². The zero-order valence-corrected chi connectivity index (χ0v) is 9.86. The van der Waals surface area contributed by atoms with E-state index >= 15 is 0 Å². The molecule has 4 heteroatoms. The van der Waals surface area contributed by atoms with Gasteiger partial charge in [-0.05, 0) is 51.6 Å². The fourth-order valence-electron chi connectivity index (χ4n) is 1.15. The van der Waals surface area contributed by atoms with Gasteiger partial charge in [-0.1, -0.05) is 0 Å². The van der Waals surface area contributed by atoms with Crippen LogP contribution in [0.4, 0.5) is 0 Å². The maximum Gasteiger partial charge on any atom is 0.0466 e. The van der Waals surface area contributed by atoms with Gasteiger partial charge in [-0.25, -0.2) is 0 Å². The smallest absolute Gasteiger partial charge is 0.0466 e. The van der Waals surface area contributed by atoms with E-state index < -0.39 is 0 Å². The van der Waals surface area contributed by atoms with Crippen LogP contribution in [0.2, 0.25) is 0 Å². The Hall–Kier alpha value is 0.170. The van der Waals surface area contributed by atoms with Crippen molar-refractivity contribution >= 4 is 12.4 Å². The fourth-order valence-corrected chi connectivity index (χ4v) is 1.15. The largest absolute Gasteiger partial charge is 0.381 e. The van der Waals surface area contributed by atoms with Crippen molar-refractivity contribution in [2.24, 2.45) is 11.5 Å². The van der Waals surface area contributed by atoms with Crippen molar-refractivity contribution < 1.29 is 4.74 Å². The van der Waals surface area contributed by atoms with Crippen molar-refractivity contribution in [1.82, 2.24) is 0 Å². The molecule has 14 heavy (non-hydrogen) atoms. The molecule has 0 aliphatic carbocycles. The van der Waals surface area contributed by atoms with Gasteiger partial charge in [-0.15, -0.1) is 12.4 Å². The lowest BCUT2D eigenvalue weighted by Gasteiger charge is -2.03. The highest BCUT2D eigenvalue weighted by molar-refractivity contribution is 5.85. The van der Waals surface area contributed by atoms with E-state index in [9.17, 15) is 0 Å². The summed E-state index contributed by atoms with van der Waals surface area (Å²) in [6.07, 6.45) is 6.92. The highest BCUT2D eigenvalue weighted by Gasteiger charge is 1.90. The lowest BCUT2D eigenvalue weighted by Crippen LogP contribution is -2.02. The summed E-state index contributed by atoms with van der Waals surface area (Å²) in [5.74, 6) is 0. The van der Waals surface area contributed by atoms with E-state index in [1.54, 1.807) is 0 Å². The maximum absolute atomic E-state index is 5.45. The van der Waals surface area contributed by atoms with Crippen LogP contribution in [0.25, 0.3) is 0 Å². The summed E-state index contributed by atoms with van der Waals surface area (Å²) in [5, 5.41) is 0. The Bertz CT molecular complexity index is 84.2. The number of ether oxygens (including phenoxy) is 1. The van der Waals surface area contributed by atoms with Crippen molar-refractivity contribution in [2.75, 3.05) is 26.3 Å². The van der Waals surface area contributed by atoms with E-state index in [0.717, 1.165) is 52.0 Å². The van der Waals surface area contributed by atoms with Gasteiger partial charge < -0.3 is 16.2 Å². The molecule has 0 bridgehead atoms. The summed E-state index contributed by atoms with van der Waals surface area (Å²) in [4.78, 5) is 0. The molecule has 0 rings (SSSR count). The van der Waals surface area contributed by atoms with Crippen molar-refractivity contribution in [3.63, 3.8) is 0 Å². The normalized spacial score (nSPS) is 9.86. The fraction of sp³-hybridized carbons (Fsp3) is 1.00. The monoisotopic (exact) mass is 224 g/mol. The molecule has 88 valence electrons. The van der Waals surface area contributed by atoms with Gasteiger partial charge in [0.25, 0.3) is 0 Å². The third-order valence-electron chi connectivity index (χ3n) is 1.99. The Morgan fingerprint density at radius 2 is 1.07 bits per heavy atom. The highest BCUT2D eigenvalue weighted by Crippen LogP contribution is 1.97. The molecule has 3 nitrogen and oxygen atoms in total. The predicted molar refractivity (Wildman–Crippen MR) is 63.9 cm³/mol. The first kappa shape index (κ1) is 16.6. The summed E-state index contributed by atoms with van der Waals surface area (Å²) < 4.78 is 5.45. The third-order valence-corrected chi connectivity index (χ3v) is 1.99. The van der Waals surface area contributed by atoms with Crippen LogP contribution < -0.4 is 11.5 Å². The molecule has 0 heterocycles. The van der Waals surface area contributed by atoms with Crippen molar-refractivity contribution in [1.29, 1.82) is 0 Å². The van der Waals surface area contributed by atoms with Crippen LogP contribution in [-0.4, -0.2) is 26.3 Å². The molecular formula is C10H25ClN2O. The van der Waals surface area contributed by atoms with Crippen LogP contribution in [-0.2, 0) is 4.74 Å². The second kappa shape index (κ2) is 15.6. The van der Waals surface area contributed by atoms with Gasteiger partial charge >= 0.3 is 0 Å². The molecule has 0 spiro atoms. The summed E-state index contributed by atoms with van der Waals surface area (Å²) in [7, 11) is 0. The van der Waals surface area contributed by atoms with Crippen LogP contribution in [0.1, 0.15) is 38.5 Å². The molecule has 4 N–H and O–H groups in total. The number of nitrogens with two attached hydrogens (primary N) is 2. The number of hydrogen-bond donors (Lipinski definition) is 2. The average molecular weight is 225 g/mol. The van der Waals surface area contributed by atoms with Crippen molar-refractivity contribution in [3.8, 4) is 0 Å². The molecule has 0 amide bonds. The van der Waals surface area contributed by atoms with E-state index in [0.29, 0.717) is 0 Å². The van der Waals surface area contributed by atoms with Crippen LogP contribution in [0.3, 0.4) is 0 Å². The lowest BCUT2D eigenvalue weighted by molar-refractivity contribution is 0.126. The standard InChI is InChI=1S/C10H24N2O.ClH/c11-7-3-1-5-9-13-10-6-2-4-8-12;/h1-12H2;1H. The molecule has 0 saturated heterocycles. The zero-order valence-electron chi connectivity index (χ0n) is 9.04. The SMILES string of the molecule is Cl.NCCCCCOCCCCCN. The number of rotatable bonds is 10. The summed E-state index contributed by atoms with van der Waals surface area (Å²) in [6.45, 7) is 3.39. The first-order valence-electron chi connectivity index (χ1n) is 5.39. The first-order chi connectivity index (χ1) is 6.41. The Labute approximate surface area is 94.0 Å². The second-order valence-electron chi connectivity index (χ2n) is 3.31. The van der Waals surface area contributed by atoms with E-state index in [1.807, 2.05) is 0 Å². The topological polar surface area (TPSA) is 61.3 Å². The summed E-state index contributed by atoms with van der Waals surface area (Å²) >= 11 is 0. The first-order valence-corrected chi connectivity index (χ1v) is 5.39. The number of unbranched alkanes of at least 4 members (excludes halogenated alkanes) is 4. The van der Waals surface area contributed by atoms with Crippen LogP contribution in [0.15, 0.2) is 0 Å². The minimum absolute atomic E-state index is 0. The van der Waals surface area contributed by atoms with Gasteiger partial charge in [-0.2, -0.15) is 0 Å². The molecule has 0 fully saturated rings. The second-order valence-corrected chi connectivity index (χ2v) is 3.31. The molecule has 0 atom stereocenters. The lowest BCUT2D eigenvalue weighted by atomic mass is 10.2. The quantitative estimate of drug-likeness (QED) is 0.555. The van der Waals surface area contributed by atoms with Gasteiger partial charge in [0.15, 0.2) is 0 Å². The van der Waals surface area contributed by atoms with Crippen molar-refractivity contribution in [3.05, 3.63) is 0 Å². The van der Waals surface area contributed by atoms with Gasteiger partial charge in [0, 0.05) is 13.2 Å². The maximum atomic E-state index is 5.45. The van der Waals surface area contributed by atoms with E-state index in [1.165, 1.54) is 12.8 Å². The molecule has 0 unspecified atom stereocenters. The Morgan fingerprint density at radius 3 is 1.43 bits per heavy atom. The van der Waals surface area contributed by atoms with E-state index in [2.05, 4.69) is 0 Å². The molecule has 0 aliphatic rings. The van der Waals surface area contributed by atoms with Gasteiger partial charge in [0.05, 0.1) is 0 Å². The summed E-state index contributed by atoms with van der Waals surface area (Å²) in [6, 6.07) is 0. The van der Waals surface area contributed by atoms with Gasteiger partial charge in [0.2, 0.25) is 0 Å². The van der Waals surface area contributed by atoms with E-state index in [-0.39, 0.29) is 12.4 Å². The predicted octanol–water partition coefficient (Wildman–Crippen LogP) is 1.68. The molecule has 0 aliphatic heterocycles.